The predicted molar refractivity (Wildman–Crippen MR) is 97.2 cm³/mol. The molecule has 2 amide bonds. The van der Waals surface area contributed by atoms with Gasteiger partial charge in [0.1, 0.15) is 6.04 Å². The second kappa shape index (κ2) is 15.5. The van der Waals surface area contributed by atoms with E-state index < -0.39 is 12.1 Å². The SMILES string of the molecule is CCCCOC(=O)N[C@@H](CCCCN(C)C)C(=O)NCCCN=[N+]=[N-]. The fraction of sp³-hybridized carbons (Fsp3) is 0.875. The van der Waals surface area contributed by atoms with E-state index in [-0.39, 0.29) is 5.91 Å². The Bertz CT molecular complexity index is 424. The lowest BCUT2D eigenvalue weighted by molar-refractivity contribution is -0.123. The molecule has 0 aromatic heterocycles. The number of amides is 2. The van der Waals surface area contributed by atoms with E-state index in [1.165, 1.54) is 0 Å². The van der Waals surface area contributed by atoms with Gasteiger partial charge in [0, 0.05) is 18.0 Å². The normalized spacial score (nSPS) is 11.5. The fourth-order valence-electron chi connectivity index (χ4n) is 2.07. The molecule has 1 atom stereocenters. The zero-order chi connectivity index (χ0) is 18.9. The average molecular weight is 356 g/mol. The first-order valence-electron chi connectivity index (χ1n) is 8.87. The Morgan fingerprint density at radius 1 is 1.24 bits per heavy atom. The molecule has 0 fully saturated rings. The Morgan fingerprint density at radius 2 is 2.00 bits per heavy atom. The smallest absolute Gasteiger partial charge is 0.407 e. The number of nitrogens with zero attached hydrogens (tertiary/aromatic N) is 4. The van der Waals surface area contributed by atoms with Gasteiger partial charge in [-0.15, -0.1) is 0 Å². The highest BCUT2D eigenvalue weighted by Crippen LogP contribution is 2.03. The minimum atomic E-state index is -0.615. The number of nitrogens with one attached hydrogen (secondary N) is 2. The molecular formula is C16H32N6O3. The molecule has 0 aromatic rings. The number of unbranched alkanes of at least 4 members (excludes halogenated alkanes) is 2. The molecule has 0 unspecified atom stereocenters. The first-order valence-corrected chi connectivity index (χ1v) is 8.87. The first-order chi connectivity index (χ1) is 12.0. The molecule has 2 N–H and O–H groups in total. The van der Waals surface area contributed by atoms with Crippen LogP contribution in [-0.2, 0) is 9.53 Å². The van der Waals surface area contributed by atoms with Gasteiger partial charge in [-0.05, 0) is 58.3 Å². The summed E-state index contributed by atoms with van der Waals surface area (Å²) in [6.07, 6.45) is 4.06. The molecule has 25 heavy (non-hydrogen) atoms. The second-order valence-corrected chi connectivity index (χ2v) is 6.08. The molecule has 0 rings (SSSR count). The summed E-state index contributed by atoms with van der Waals surface area (Å²) < 4.78 is 5.07. The Balaban J connectivity index is 4.35. The molecule has 0 aliphatic rings. The van der Waals surface area contributed by atoms with Crippen LogP contribution in [0.15, 0.2) is 5.11 Å². The number of carbonyl (C=O) groups is 2. The maximum atomic E-state index is 12.3. The Kier molecular flexibility index (Phi) is 14.3. The van der Waals surface area contributed by atoms with E-state index in [9.17, 15) is 9.59 Å². The van der Waals surface area contributed by atoms with Crippen molar-refractivity contribution in [2.24, 2.45) is 5.11 Å². The van der Waals surface area contributed by atoms with Gasteiger partial charge in [-0.25, -0.2) is 4.79 Å². The zero-order valence-electron chi connectivity index (χ0n) is 15.7. The lowest BCUT2D eigenvalue weighted by Crippen LogP contribution is -2.47. The number of alkyl carbamates (subject to hydrolysis) is 1. The van der Waals surface area contributed by atoms with Crippen LogP contribution >= 0.6 is 0 Å². The van der Waals surface area contributed by atoms with Crippen LogP contribution in [0.1, 0.15) is 45.4 Å². The van der Waals surface area contributed by atoms with Crippen molar-refractivity contribution in [3.05, 3.63) is 10.4 Å². The Hall–Kier alpha value is -1.99. The monoisotopic (exact) mass is 356 g/mol. The third kappa shape index (κ3) is 14.1. The number of hydrogen-bond donors (Lipinski definition) is 2. The van der Waals surface area contributed by atoms with Gasteiger partial charge in [0.2, 0.25) is 5.91 Å². The summed E-state index contributed by atoms with van der Waals surface area (Å²) in [5.74, 6) is -0.238. The minimum absolute atomic E-state index is 0.238. The van der Waals surface area contributed by atoms with Crippen molar-refractivity contribution in [1.82, 2.24) is 15.5 Å². The predicted octanol–water partition coefficient (Wildman–Crippen LogP) is 2.43. The van der Waals surface area contributed by atoms with Crippen molar-refractivity contribution >= 4 is 12.0 Å². The number of ether oxygens (including phenoxy) is 1. The molecule has 0 bridgehead atoms. The van der Waals surface area contributed by atoms with Gasteiger partial charge in [0.15, 0.2) is 0 Å². The molecule has 9 heteroatoms. The average Bonchev–Trinajstić information content (AvgIpc) is 2.57. The number of rotatable bonds is 14. The van der Waals surface area contributed by atoms with Crippen LogP contribution in [0.25, 0.3) is 10.4 Å². The summed E-state index contributed by atoms with van der Waals surface area (Å²) in [6.45, 7) is 4.03. The van der Waals surface area contributed by atoms with Crippen LogP contribution in [0, 0.1) is 0 Å². The molecule has 0 heterocycles. The second-order valence-electron chi connectivity index (χ2n) is 6.08. The maximum Gasteiger partial charge on any atom is 0.407 e. The van der Waals surface area contributed by atoms with E-state index in [1.54, 1.807) is 0 Å². The van der Waals surface area contributed by atoms with E-state index in [4.69, 9.17) is 10.3 Å². The molecule has 0 aliphatic carbocycles. The highest BCUT2D eigenvalue weighted by Gasteiger charge is 2.20. The quantitative estimate of drug-likeness (QED) is 0.215. The zero-order valence-corrected chi connectivity index (χ0v) is 15.7. The summed E-state index contributed by atoms with van der Waals surface area (Å²) in [4.78, 5) is 28.8. The number of hydrogen-bond acceptors (Lipinski definition) is 5. The standard InChI is InChI=1S/C16H32N6O3/c1-4-5-13-25-16(24)20-14(9-6-7-12-22(2)3)15(23)18-10-8-11-19-21-17/h14H,4-13H2,1-3H3,(H,18,23)(H,20,24)/t14-/m0/s1. The molecule has 0 radical (unpaired) electrons. The van der Waals surface area contributed by atoms with Crippen LogP contribution in [0.2, 0.25) is 0 Å². The van der Waals surface area contributed by atoms with Crippen molar-refractivity contribution < 1.29 is 14.3 Å². The summed E-state index contributed by atoms with van der Waals surface area (Å²) in [5.41, 5.74) is 8.22. The molecule has 0 aromatic carbocycles. The maximum absolute atomic E-state index is 12.3. The van der Waals surface area contributed by atoms with Gasteiger partial charge in [-0.1, -0.05) is 18.5 Å². The van der Waals surface area contributed by atoms with Crippen molar-refractivity contribution in [2.75, 3.05) is 40.3 Å². The third-order valence-electron chi connectivity index (χ3n) is 3.49. The van der Waals surface area contributed by atoms with Gasteiger partial charge in [-0.2, -0.15) is 0 Å². The van der Waals surface area contributed by atoms with E-state index in [1.807, 2.05) is 21.0 Å². The molecule has 144 valence electrons. The fourth-order valence-corrected chi connectivity index (χ4v) is 2.07. The molecule has 0 aliphatic heterocycles. The van der Waals surface area contributed by atoms with Crippen LogP contribution in [0.5, 0.6) is 0 Å². The van der Waals surface area contributed by atoms with Crippen LogP contribution < -0.4 is 10.6 Å². The van der Waals surface area contributed by atoms with Gasteiger partial charge < -0.3 is 20.3 Å². The van der Waals surface area contributed by atoms with E-state index in [0.29, 0.717) is 32.5 Å². The van der Waals surface area contributed by atoms with Gasteiger partial charge in [0.25, 0.3) is 0 Å². The van der Waals surface area contributed by atoms with Gasteiger partial charge >= 0.3 is 6.09 Å². The van der Waals surface area contributed by atoms with Crippen molar-refractivity contribution in [3.8, 4) is 0 Å². The van der Waals surface area contributed by atoms with E-state index >= 15 is 0 Å². The Labute approximate surface area is 150 Å². The Morgan fingerprint density at radius 3 is 2.64 bits per heavy atom. The molecule has 9 nitrogen and oxygen atoms in total. The highest BCUT2D eigenvalue weighted by atomic mass is 16.5. The summed E-state index contributed by atoms with van der Waals surface area (Å²) >= 11 is 0. The summed E-state index contributed by atoms with van der Waals surface area (Å²) in [5, 5.41) is 8.82. The first kappa shape index (κ1) is 23.0. The van der Waals surface area contributed by atoms with Crippen LogP contribution in [0.3, 0.4) is 0 Å². The van der Waals surface area contributed by atoms with Gasteiger partial charge in [-0.3, -0.25) is 4.79 Å². The third-order valence-corrected chi connectivity index (χ3v) is 3.49. The summed E-state index contributed by atoms with van der Waals surface area (Å²) in [6, 6.07) is -0.615. The lowest BCUT2D eigenvalue weighted by Gasteiger charge is -2.19. The molecule has 0 spiro atoms. The molecule has 0 saturated heterocycles. The van der Waals surface area contributed by atoms with Crippen molar-refractivity contribution in [1.29, 1.82) is 0 Å². The van der Waals surface area contributed by atoms with Crippen LogP contribution in [-0.4, -0.2) is 63.3 Å². The highest BCUT2D eigenvalue weighted by molar-refractivity contribution is 5.85. The van der Waals surface area contributed by atoms with E-state index in [2.05, 4.69) is 25.6 Å². The van der Waals surface area contributed by atoms with Crippen molar-refractivity contribution in [2.45, 2.75) is 51.5 Å². The van der Waals surface area contributed by atoms with E-state index in [0.717, 1.165) is 32.2 Å². The number of azide groups is 1. The van der Waals surface area contributed by atoms with Gasteiger partial charge in [0.05, 0.1) is 6.61 Å². The topological polar surface area (TPSA) is 119 Å². The summed E-state index contributed by atoms with van der Waals surface area (Å²) in [7, 11) is 3.99. The van der Waals surface area contributed by atoms with Crippen molar-refractivity contribution in [3.63, 3.8) is 0 Å². The largest absolute Gasteiger partial charge is 0.450 e. The van der Waals surface area contributed by atoms with Crippen LogP contribution in [0.4, 0.5) is 4.79 Å². The number of carbonyl (C=O) groups excluding carboxylic acids is 2. The lowest BCUT2D eigenvalue weighted by atomic mass is 10.1. The molecular weight excluding hydrogens is 324 g/mol. The molecule has 0 saturated carbocycles. The minimum Gasteiger partial charge on any atom is -0.450 e.